The predicted octanol–water partition coefficient (Wildman–Crippen LogP) is 5.67. The zero-order valence-corrected chi connectivity index (χ0v) is 19.6. The Morgan fingerprint density at radius 1 is 1.00 bits per heavy atom. The van der Waals surface area contributed by atoms with E-state index in [-0.39, 0.29) is 22.7 Å². The third-order valence-electron chi connectivity index (χ3n) is 6.94. The van der Waals surface area contributed by atoms with Crippen LogP contribution in [0, 0.1) is 0 Å². The fourth-order valence-electron chi connectivity index (χ4n) is 5.20. The lowest BCUT2D eigenvalue weighted by Crippen LogP contribution is -2.29. The summed E-state index contributed by atoms with van der Waals surface area (Å²) in [6.07, 6.45) is 3.27. The molecule has 4 aromatic rings. The first-order valence-electron chi connectivity index (χ1n) is 11.9. The fourth-order valence-corrected chi connectivity index (χ4v) is 5.20. The second-order valence-corrected chi connectivity index (χ2v) is 9.26. The number of hydrogen-bond donors (Lipinski definition) is 2. The average molecular weight is 482 g/mol. The van der Waals surface area contributed by atoms with E-state index in [0.29, 0.717) is 44.7 Å². The summed E-state index contributed by atoms with van der Waals surface area (Å²) < 4.78 is 5.83. The molecule has 0 radical (unpaired) electrons. The van der Waals surface area contributed by atoms with Crippen LogP contribution in [-0.4, -0.2) is 40.9 Å². The monoisotopic (exact) mass is 481 g/mol. The maximum absolute atomic E-state index is 13.8. The number of carboxylic acids is 1. The van der Waals surface area contributed by atoms with E-state index >= 15 is 0 Å². The Bertz CT molecular complexity index is 1550. The van der Waals surface area contributed by atoms with E-state index in [0.717, 1.165) is 38.0 Å². The average Bonchev–Trinajstić information content (AvgIpc) is 3.33. The number of aromatic nitrogens is 1. The summed E-state index contributed by atoms with van der Waals surface area (Å²) in [4.78, 5) is 39.8. The highest BCUT2D eigenvalue weighted by molar-refractivity contribution is 6.29. The minimum absolute atomic E-state index is 0.0153. The first-order chi connectivity index (χ1) is 17.4. The van der Waals surface area contributed by atoms with Crippen LogP contribution in [0.1, 0.15) is 62.8 Å². The van der Waals surface area contributed by atoms with E-state index in [1.165, 1.54) is 19.1 Å². The Kier molecular flexibility index (Phi) is 5.10. The molecule has 8 nitrogen and oxygen atoms in total. The van der Waals surface area contributed by atoms with Gasteiger partial charge in [0.2, 0.25) is 0 Å². The number of nitrogens with one attached hydrogen (secondary N) is 1. The molecule has 1 saturated heterocycles. The van der Waals surface area contributed by atoms with Crippen molar-refractivity contribution < 1.29 is 24.0 Å². The van der Waals surface area contributed by atoms with E-state index in [1.54, 1.807) is 18.2 Å². The van der Waals surface area contributed by atoms with Crippen LogP contribution < -0.4 is 10.2 Å². The van der Waals surface area contributed by atoms with Gasteiger partial charge < -0.3 is 19.8 Å². The summed E-state index contributed by atoms with van der Waals surface area (Å²) in [7, 11) is 0. The number of Topliss-reactive ketones (excluding diaryl/α,β-unsaturated/α-hetero) is 1. The summed E-state index contributed by atoms with van der Waals surface area (Å²) >= 11 is 0. The lowest BCUT2D eigenvalue weighted by atomic mass is 9.86. The molecule has 1 fully saturated rings. The first kappa shape index (κ1) is 22.0. The van der Waals surface area contributed by atoms with Crippen molar-refractivity contribution in [1.29, 1.82) is 0 Å². The molecule has 1 aliphatic carbocycles. The van der Waals surface area contributed by atoms with Crippen LogP contribution in [0.2, 0.25) is 0 Å². The van der Waals surface area contributed by atoms with Gasteiger partial charge in [0.15, 0.2) is 17.3 Å². The molecule has 0 atom stereocenters. The SMILES string of the molecule is CC(=O)c1cc(Nc2cc(N3CCCCC3)c3noc4c3c2C(=O)c2ccccc2-4)cc(C(=O)O)c1. The molecule has 0 bridgehead atoms. The second-order valence-electron chi connectivity index (χ2n) is 9.26. The second kappa shape index (κ2) is 8.34. The number of carbonyl (C=O) groups is 3. The van der Waals surface area contributed by atoms with Gasteiger partial charge in [-0.25, -0.2) is 4.79 Å². The molecule has 1 aliphatic heterocycles. The fraction of sp³-hybridized carbons (Fsp3) is 0.214. The van der Waals surface area contributed by atoms with Crippen LogP contribution in [0.5, 0.6) is 0 Å². The normalized spacial score (nSPS) is 14.6. The Balaban J connectivity index is 1.59. The van der Waals surface area contributed by atoms with Crippen molar-refractivity contribution in [3.8, 4) is 11.3 Å². The number of anilines is 3. The third-order valence-corrected chi connectivity index (χ3v) is 6.94. The summed E-state index contributed by atoms with van der Waals surface area (Å²) in [5.74, 6) is -1.02. The highest BCUT2D eigenvalue weighted by Gasteiger charge is 2.34. The number of nitrogens with zero attached hydrogens (tertiary/aromatic N) is 2. The molecule has 6 rings (SSSR count). The van der Waals surface area contributed by atoms with Gasteiger partial charge in [-0.3, -0.25) is 9.59 Å². The van der Waals surface area contributed by atoms with Gasteiger partial charge in [0.05, 0.1) is 27.9 Å². The number of rotatable bonds is 5. The van der Waals surface area contributed by atoms with Crippen LogP contribution in [0.4, 0.5) is 17.1 Å². The predicted molar refractivity (Wildman–Crippen MR) is 136 cm³/mol. The number of ketones is 2. The third kappa shape index (κ3) is 3.45. The van der Waals surface area contributed by atoms with E-state index in [2.05, 4.69) is 15.4 Å². The van der Waals surface area contributed by atoms with Gasteiger partial charge in [-0.1, -0.05) is 29.4 Å². The Morgan fingerprint density at radius 2 is 1.72 bits per heavy atom. The highest BCUT2D eigenvalue weighted by atomic mass is 16.5. The van der Waals surface area contributed by atoms with Gasteiger partial charge in [-0.2, -0.15) is 0 Å². The molecule has 180 valence electrons. The molecule has 36 heavy (non-hydrogen) atoms. The van der Waals surface area contributed by atoms with E-state index < -0.39 is 5.97 Å². The van der Waals surface area contributed by atoms with Crippen molar-refractivity contribution in [3.05, 3.63) is 70.8 Å². The zero-order chi connectivity index (χ0) is 25.0. The highest BCUT2D eigenvalue weighted by Crippen LogP contribution is 2.46. The van der Waals surface area contributed by atoms with E-state index in [9.17, 15) is 19.5 Å². The van der Waals surface area contributed by atoms with Crippen LogP contribution in [0.25, 0.3) is 22.2 Å². The first-order valence-corrected chi connectivity index (χ1v) is 11.9. The molecule has 2 aliphatic rings. The maximum atomic E-state index is 13.8. The molecule has 3 aromatic carbocycles. The topological polar surface area (TPSA) is 113 Å². The molecule has 2 N–H and O–H groups in total. The minimum atomic E-state index is -1.14. The van der Waals surface area contributed by atoms with Gasteiger partial charge in [-0.05, 0) is 50.5 Å². The van der Waals surface area contributed by atoms with Crippen LogP contribution in [-0.2, 0) is 0 Å². The molecule has 0 saturated carbocycles. The van der Waals surface area contributed by atoms with Gasteiger partial charge >= 0.3 is 5.97 Å². The van der Waals surface area contributed by atoms with Crippen molar-refractivity contribution in [1.82, 2.24) is 5.16 Å². The molecular weight excluding hydrogens is 458 g/mol. The molecule has 2 heterocycles. The zero-order valence-electron chi connectivity index (χ0n) is 19.6. The smallest absolute Gasteiger partial charge is 0.335 e. The largest absolute Gasteiger partial charge is 0.478 e. The van der Waals surface area contributed by atoms with Crippen LogP contribution >= 0.6 is 0 Å². The Labute approximate surface area is 206 Å². The van der Waals surface area contributed by atoms with Gasteiger partial charge in [0, 0.05) is 35.5 Å². The summed E-state index contributed by atoms with van der Waals surface area (Å²) in [5, 5.41) is 17.9. The lowest BCUT2D eigenvalue weighted by Gasteiger charge is -2.30. The standard InChI is InChI=1S/C28H23N3O5/c1-15(32)16-11-17(28(34)35)13-18(12-16)29-21-14-22(31-9-5-2-6-10-31)25-24-23(21)26(33)19-7-3-4-8-20(19)27(24)36-30-25/h3-4,7-8,11-14,29H,2,5-6,9-10H2,1H3,(H,34,35). The summed E-state index contributed by atoms with van der Waals surface area (Å²) in [5.41, 5.74) is 4.31. The van der Waals surface area contributed by atoms with Crippen molar-refractivity contribution >= 4 is 45.5 Å². The van der Waals surface area contributed by atoms with Gasteiger partial charge in [-0.15, -0.1) is 0 Å². The van der Waals surface area contributed by atoms with E-state index in [4.69, 9.17) is 4.52 Å². The van der Waals surface area contributed by atoms with Crippen molar-refractivity contribution in [3.63, 3.8) is 0 Å². The van der Waals surface area contributed by atoms with Crippen molar-refractivity contribution in [2.75, 3.05) is 23.3 Å². The maximum Gasteiger partial charge on any atom is 0.335 e. The van der Waals surface area contributed by atoms with E-state index in [1.807, 2.05) is 18.2 Å². The number of hydrogen-bond acceptors (Lipinski definition) is 7. The molecule has 0 amide bonds. The Hall–Kier alpha value is -4.46. The number of benzene rings is 3. The number of carboxylic acid groups (broad SMARTS) is 1. The quantitative estimate of drug-likeness (QED) is 0.309. The number of carbonyl (C=O) groups excluding carboxylic acids is 2. The number of fused-ring (bicyclic) bond motifs is 2. The van der Waals surface area contributed by atoms with Crippen molar-refractivity contribution in [2.45, 2.75) is 26.2 Å². The molecule has 0 spiro atoms. The molecular formula is C28H23N3O5. The summed E-state index contributed by atoms with van der Waals surface area (Å²) in [6.45, 7) is 3.12. The van der Waals surface area contributed by atoms with Crippen LogP contribution in [0.15, 0.2) is 53.1 Å². The van der Waals surface area contributed by atoms with Crippen LogP contribution in [0.3, 0.4) is 0 Å². The summed E-state index contributed by atoms with van der Waals surface area (Å²) in [6, 6.07) is 13.6. The van der Waals surface area contributed by atoms with Gasteiger partial charge in [0.1, 0.15) is 5.52 Å². The van der Waals surface area contributed by atoms with Crippen molar-refractivity contribution in [2.24, 2.45) is 0 Å². The molecule has 0 unspecified atom stereocenters. The lowest BCUT2D eigenvalue weighted by molar-refractivity contribution is 0.0696. The Morgan fingerprint density at radius 3 is 2.44 bits per heavy atom. The molecule has 1 aromatic heterocycles. The minimum Gasteiger partial charge on any atom is -0.478 e. The molecule has 8 heteroatoms. The van der Waals surface area contributed by atoms with Gasteiger partial charge in [0.25, 0.3) is 0 Å². The number of aromatic carboxylic acids is 1. The number of piperidine rings is 1.